The van der Waals surface area contributed by atoms with Crippen molar-refractivity contribution in [3.63, 3.8) is 0 Å². The predicted molar refractivity (Wildman–Crippen MR) is 486 cm³/mol. The highest BCUT2D eigenvalue weighted by Gasteiger charge is 2.51. The monoisotopic (exact) mass is 2010 g/mol. The van der Waals surface area contributed by atoms with Crippen molar-refractivity contribution >= 4 is 100 Å². The molecular weight excluding hydrogens is 1860 g/mol. The minimum Gasteiger partial charge on any atom is -0.463 e. The van der Waals surface area contributed by atoms with Crippen LogP contribution in [-0.2, 0) is 153 Å². The second kappa shape index (κ2) is 67.9. The maximum Gasteiger partial charge on any atom is 0.311 e. The third-order valence-corrected chi connectivity index (χ3v) is 23.5. The predicted octanol–water partition coefficient (Wildman–Crippen LogP) is 10.0. The van der Waals surface area contributed by atoms with E-state index in [9.17, 15) is 103 Å². The minimum absolute atomic E-state index is 0.00834. The molecule has 0 bridgehead atoms. The molecule has 1 aromatic carbocycles. The molecule has 3 heterocycles. The van der Waals surface area contributed by atoms with Crippen LogP contribution in [0.5, 0.6) is 5.75 Å². The van der Waals surface area contributed by atoms with Crippen molar-refractivity contribution in [2.24, 2.45) is 23.2 Å². The first-order valence-corrected chi connectivity index (χ1v) is 48.6. The normalized spacial score (nSPS) is 21.1. The molecule has 0 spiro atoms. The van der Waals surface area contributed by atoms with Gasteiger partial charge in [-0.3, -0.25) is 81.5 Å². The van der Waals surface area contributed by atoms with Gasteiger partial charge < -0.3 is 102 Å². The number of hydrogen-bond acceptors (Lipinski definition) is 33. The quantitative estimate of drug-likeness (QED) is 0.00769. The van der Waals surface area contributed by atoms with E-state index in [1.165, 1.54) is 62.3 Å². The van der Waals surface area contributed by atoms with Gasteiger partial charge in [-0.15, -0.1) is 0 Å². The van der Waals surface area contributed by atoms with Crippen molar-refractivity contribution in [2.45, 2.75) is 362 Å². The highest BCUT2D eigenvalue weighted by atomic mass is 19.2. The average molecular weight is 2010 g/mol. The molecule has 0 unspecified atom stereocenters. The van der Waals surface area contributed by atoms with E-state index in [-0.39, 0.29) is 228 Å². The number of nitrogens with one attached hydrogen (secondary N) is 5. The van der Waals surface area contributed by atoms with Gasteiger partial charge in [-0.2, -0.15) is 8.78 Å². The van der Waals surface area contributed by atoms with Crippen LogP contribution in [-0.4, -0.2) is 266 Å². The second-order valence-corrected chi connectivity index (χ2v) is 35.9. The van der Waals surface area contributed by atoms with Crippen molar-refractivity contribution in [2.75, 3.05) is 92.4 Å². The van der Waals surface area contributed by atoms with E-state index in [1.807, 2.05) is 0 Å². The molecule has 4 rings (SSSR count). The van der Waals surface area contributed by atoms with Crippen LogP contribution in [0.2, 0.25) is 0 Å². The summed E-state index contributed by atoms with van der Waals surface area (Å²) in [6.45, 7) is 15.7. The van der Waals surface area contributed by atoms with Crippen molar-refractivity contribution in [3.05, 3.63) is 29.1 Å². The van der Waals surface area contributed by atoms with E-state index in [0.717, 1.165) is 0 Å². The molecule has 3 aliphatic rings. The fourth-order valence-corrected chi connectivity index (χ4v) is 16.3. The fraction of sp³-hybridized carbons (Fsp3) is 0.763. The summed E-state index contributed by atoms with van der Waals surface area (Å²) in [7, 11) is 0. The zero-order valence-electron chi connectivity index (χ0n) is 83.0. The summed E-state index contributed by atoms with van der Waals surface area (Å²) >= 11 is 0. The summed E-state index contributed by atoms with van der Waals surface area (Å²) in [6.07, 6.45) is 1.16. The third kappa shape index (κ3) is 49.5. The summed E-state index contributed by atoms with van der Waals surface area (Å²) in [6, 6.07) is -2.20. The van der Waals surface area contributed by atoms with E-state index in [4.69, 9.17) is 71.1 Å². The van der Waals surface area contributed by atoms with Crippen LogP contribution in [0.15, 0.2) is 0 Å². The van der Waals surface area contributed by atoms with E-state index < -0.39 is 186 Å². The lowest BCUT2D eigenvalue weighted by molar-refractivity contribution is -0.262. The van der Waals surface area contributed by atoms with Crippen molar-refractivity contribution < 1.29 is 179 Å². The first kappa shape index (κ1) is 123. The molecule has 1 aromatic rings. The van der Waals surface area contributed by atoms with Crippen LogP contribution in [0.4, 0.5) is 22.0 Å². The highest BCUT2D eigenvalue weighted by Crippen LogP contribution is 2.36. The van der Waals surface area contributed by atoms with Gasteiger partial charge in [0.1, 0.15) is 85.4 Å². The summed E-state index contributed by atoms with van der Waals surface area (Å²) in [5, 5.41) is 14.0. The molecule has 0 saturated carbocycles. The number of amides is 5. The number of ketones is 5. The van der Waals surface area contributed by atoms with Crippen LogP contribution < -0.4 is 31.3 Å². The maximum absolute atomic E-state index is 14.2. The van der Waals surface area contributed by atoms with Crippen molar-refractivity contribution in [3.8, 4) is 5.75 Å². The summed E-state index contributed by atoms with van der Waals surface area (Å²) < 4.78 is 161. The zero-order chi connectivity index (χ0) is 104. The summed E-state index contributed by atoms with van der Waals surface area (Å²) in [4.78, 5) is 213. The van der Waals surface area contributed by atoms with Gasteiger partial charge in [0.15, 0.2) is 18.9 Å². The number of ether oxygens (including phenoxy) is 16. The molecule has 5 amide bonds. The molecular formula is C97H148F5N5O33. The zero-order valence-corrected chi connectivity index (χ0v) is 83.0. The number of hydrogen-bond donors (Lipinski definition) is 5. The molecule has 3 saturated heterocycles. The molecule has 5 N–H and O–H groups in total. The van der Waals surface area contributed by atoms with Gasteiger partial charge >= 0.3 is 41.8 Å². The van der Waals surface area contributed by atoms with Crippen LogP contribution in [0.3, 0.4) is 0 Å². The number of halogens is 5. The first-order valence-electron chi connectivity index (χ1n) is 48.6. The third-order valence-electron chi connectivity index (χ3n) is 23.5. The number of benzene rings is 1. The van der Waals surface area contributed by atoms with E-state index in [1.54, 1.807) is 20.8 Å². The van der Waals surface area contributed by atoms with Gasteiger partial charge in [0.05, 0.1) is 57.8 Å². The Hall–Kier alpha value is -9.50. The molecule has 15 atom stereocenters. The molecule has 3 aliphatic heterocycles. The molecule has 0 radical (unpaired) electrons. The standard InChI is InChI=1S/C97H148F5N5O33/c1-59-87(105-62(4)108)94(137-76(53-131-65(7)111)90(59)134-68(10)114)128-46-28-25-36-71(117)32-20-17-22-34-73(119)41-49-125-56-97(52-75(121)38-19-15-13-14-16-24-40-81(124)140-93-85(101)83(99)82(98)84(100)86(93)102,57-126-50-42-74(120)35-23-18-21-33-72(118)37-26-29-47-129-95-88(106-63(5)109)60(2)91(135-69(11)115)77(138-95)54-132-66(8)112)58-127-51-43-80(123)104-45-31-44-103-79(122)39-27-30-48-130-96-89(107-64(6)110)61(3)92(136-70(12)116)78(139-96)55-133-67(9)113/h59-61,76-78,87-92,94-96H,13-58H2,1-12H3,(H,103,122)(H,104,123)(H,105,108)(H,106,109)(H,107,110)/t59-,60-,61-,76-,77-,78-,87-,88-,89-,90-,91-,92-,94-,95-,96-/m1/s1. The Balaban J connectivity index is 1.37. The molecule has 38 nitrogen and oxygen atoms in total. The van der Waals surface area contributed by atoms with Crippen LogP contribution >= 0.6 is 0 Å². The van der Waals surface area contributed by atoms with Gasteiger partial charge in [-0.1, -0.05) is 59.3 Å². The number of rotatable bonds is 73. The van der Waals surface area contributed by atoms with E-state index in [0.29, 0.717) is 116 Å². The molecule has 43 heteroatoms. The highest BCUT2D eigenvalue weighted by molar-refractivity contribution is 5.81. The van der Waals surface area contributed by atoms with Gasteiger partial charge in [-0.05, 0) is 83.5 Å². The average Bonchev–Trinajstić information content (AvgIpc) is 0.809. The van der Waals surface area contributed by atoms with Crippen LogP contribution in [0.1, 0.15) is 289 Å². The number of unbranched alkanes of at least 4 members (excludes halogenated alkanes) is 12. The Morgan fingerprint density at radius 3 is 0.914 bits per heavy atom. The summed E-state index contributed by atoms with van der Waals surface area (Å²) in [5.41, 5.74) is -1.26. The molecule has 794 valence electrons. The molecule has 140 heavy (non-hydrogen) atoms. The Morgan fingerprint density at radius 2 is 0.586 bits per heavy atom. The van der Waals surface area contributed by atoms with Crippen molar-refractivity contribution in [1.29, 1.82) is 0 Å². The van der Waals surface area contributed by atoms with Gasteiger partial charge in [0.2, 0.25) is 64.4 Å². The lowest BCUT2D eigenvalue weighted by atomic mass is 9.83. The smallest absolute Gasteiger partial charge is 0.311 e. The largest absolute Gasteiger partial charge is 0.463 e. The maximum atomic E-state index is 14.2. The molecule has 3 fully saturated rings. The lowest BCUT2D eigenvalue weighted by Crippen LogP contribution is -2.62. The van der Waals surface area contributed by atoms with Crippen LogP contribution in [0.25, 0.3) is 0 Å². The molecule has 0 aromatic heterocycles. The fourth-order valence-electron chi connectivity index (χ4n) is 16.3. The minimum atomic E-state index is -2.41. The van der Waals surface area contributed by atoms with Gasteiger partial charge in [-0.25, -0.2) is 13.2 Å². The lowest BCUT2D eigenvalue weighted by Gasteiger charge is -2.44. The Morgan fingerprint density at radius 1 is 0.307 bits per heavy atom. The number of carbonyl (C=O) groups excluding carboxylic acids is 17. The SMILES string of the molecule is CC(=O)N[C@H]1[C@H](OCCCCC(=O)CCCCCC(=O)CCOCC(COCCC(=O)CCCCCC(=O)CCCCO[C@@H]2O[C@H](COC(C)=O)[C@H](OC(C)=O)[C@H](C)[C@H]2NC(C)=O)(COCCC(=O)NCCCNC(=O)CCCCO[C@@H]2O[C@H](COC(C)=O)[C@H](OC(C)=O)[C@H](C)[C@H]2NC(C)=O)CC(=O)CCCCCCCCC(=O)Oc2c(F)c(F)c(F)c(F)c2F)O[C@H](COC(C)=O)[C@H](OC(C)=O)[C@@H]1C. The second-order valence-electron chi connectivity index (χ2n) is 35.9. The topological polar surface area (TPSA) is 498 Å². The Bertz CT molecular complexity index is 3780. The number of esters is 7. The van der Waals surface area contributed by atoms with E-state index >= 15 is 0 Å². The number of Topliss-reactive ketones (excluding diaryl/α,β-unsaturated/α-hetero) is 5. The van der Waals surface area contributed by atoms with Gasteiger partial charge in [0, 0.05) is 202 Å². The number of carbonyl (C=O) groups is 17. The van der Waals surface area contributed by atoms with Crippen molar-refractivity contribution in [1.82, 2.24) is 26.6 Å². The van der Waals surface area contributed by atoms with E-state index in [2.05, 4.69) is 31.3 Å². The van der Waals surface area contributed by atoms with Crippen LogP contribution in [0, 0.1) is 52.3 Å². The summed E-state index contributed by atoms with van der Waals surface area (Å²) in [5.74, 6) is -21.8. The molecule has 0 aliphatic carbocycles. The van der Waals surface area contributed by atoms with Gasteiger partial charge in [0.25, 0.3) is 0 Å². The Kier molecular flexibility index (Phi) is 59.5. The Labute approximate surface area is 815 Å². The first-order chi connectivity index (χ1) is 66.5.